The van der Waals surface area contributed by atoms with Gasteiger partial charge >= 0.3 is 0 Å². The minimum Gasteiger partial charge on any atom is -0.300 e. The topological polar surface area (TPSA) is 92.3 Å². The number of sulfonamides is 1. The van der Waals surface area contributed by atoms with Gasteiger partial charge in [0.25, 0.3) is 10.0 Å². The van der Waals surface area contributed by atoms with E-state index in [9.17, 15) is 13.2 Å². The van der Waals surface area contributed by atoms with E-state index in [2.05, 4.69) is 27.6 Å². The summed E-state index contributed by atoms with van der Waals surface area (Å²) in [5, 5.41) is 13.3. The van der Waals surface area contributed by atoms with Gasteiger partial charge in [0.2, 0.25) is 11.0 Å². The highest BCUT2D eigenvalue weighted by atomic mass is 32.2. The molecular weight excluding hydrogens is 461 g/mol. The van der Waals surface area contributed by atoms with Crippen LogP contribution in [0.25, 0.3) is 0 Å². The molecule has 0 spiro atoms. The molecule has 0 saturated carbocycles. The van der Waals surface area contributed by atoms with Crippen LogP contribution < -0.4 is 5.32 Å². The minimum atomic E-state index is -3.46. The van der Waals surface area contributed by atoms with Crippen LogP contribution in [0.5, 0.6) is 0 Å². The smallest absolute Gasteiger partial charge is 0.252 e. The fraction of sp³-hybridized carbons (Fsp3) is 0.316. The second-order valence-electron chi connectivity index (χ2n) is 6.75. The van der Waals surface area contributed by atoms with Crippen LogP contribution in [0.1, 0.15) is 18.4 Å². The molecule has 1 amide bonds. The molecule has 1 aromatic carbocycles. The van der Waals surface area contributed by atoms with Crippen molar-refractivity contribution in [2.45, 2.75) is 27.1 Å². The largest absolute Gasteiger partial charge is 0.300 e. The van der Waals surface area contributed by atoms with Gasteiger partial charge < -0.3 is 5.32 Å². The number of anilines is 1. The van der Waals surface area contributed by atoms with Gasteiger partial charge in [-0.3, -0.25) is 4.79 Å². The SMILES string of the molecule is O=C(Nc1nnc(SCc2ccccc2)s1)C1CCN(S(=O)(=O)c2cccs2)CC1. The third kappa shape index (κ3) is 5.09. The molecule has 30 heavy (non-hydrogen) atoms. The molecule has 1 aliphatic heterocycles. The standard InChI is InChI=1S/C19H20N4O3S4/c24-17(15-8-10-23(11-9-15)30(25,26)16-7-4-12-27-16)20-18-21-22-19(29-18)28-13-14-5-2-1-3-6-14/h1-7,12,15H,8-11,13H2,(H,20,21,24). The highest BCUT2D eigenvalue weighted by Crippen LogP contribution is 2.30. The fourth-order valence-corrected chi connectivity index (χ4v) is 7.47. The van der Waals surface area contributed by atoms with Gasteiger partial charge in [0.1, 0.15) is 4.21 Å². The normalized spacial score (nSPS) is 15.9. The zero-order valence-corrected chi connectivity index (χ0v) is 19.2. The Kier molecular flexibility index (Phi) is 6.84. The number of carbonyl (C=O) groups is 1. The molecule has 0 aliphatic carbocycles. The summed E-state index contributed by atoms with van der Waals surface area (Å²) < 4.78 is 27.8. The molecule has 0 atom stereocenters. The molecule has 1 aliphatic rings. The van der Waals surface area contributed by atoms with E-state index in [1.54, 1.807) is 29.3 Å². The van der Waals surface area contributed by atoms with Crippen LogP contribution in [0.4, 0.5) is 5.13 Å². The van der Waals surface area contributed by atoms with Crippen molar-refractivity contribution in [2.24, 2.45) is 5.92 Å². The summed E-state index contributed by atoms with van der Waals surface area (Å²) >= 11 is 4.14. The predicted octanol–water partition coefficient (Wildman–Crippen LogP) is 3.93. The van der Waals surface area contributed by atoms with Gasteiger partial charge in [-0.05, 0) is 29.9 Å². The van der Waals surface area contributed by atoms with Crippen molar-refractivity contribution in [3.63, 3.8) is 0 Å². The van der Waals surface area contributed by atoms with Gasteiger partial charge in [-0.15, -0.1) is 21.5 Å². The number of rotatable bonds is 7. The molecule has 7 nitrogen and oxygen atoms in total. The average Bonchev–Trinajstić information content (AvgIpc) is 3.46. The molecule has 11 heteroatoms. The lowest BCUT2D eigenvalue weighted by Crippen LogP contribution is -2.41. The van der Waals surface area contributed by atoms with Gasteiger partial charge in [0, 0.05) is 24.8 Å². The number of benzene rings is 1. The first-order valence-corrected chi connectivity index (χ1v) is 13.5. The van der Waals surface area contributed by atoms with Crippen molar-refractivity contribution in [2.75, 3.05) is 18.4 Å². The molecular formula is C19H20N4O3S4. The number of amides is 1. The van der Waals surface area contributed by atoms with Crippen LogP contribution in [-0.4, -0.2) is 41.9 Å². The molecule has 3 aromatic rings. The first-order chi connectivity index (χ1) is 14.5. The predicted molar refractivity (Wildman–Crippen MR) is 120 cm³/mol. The Morgan fingerprint density at radius 2 is 1.90 bits per heavy atom. The van der Waals surface area contributed by atoms with Gasteiger partial charge in [-0.2, -0.15) is 4.31 Å². The molecule has 1 saturated heterocycles. The van der Waals surface area contributed by atoms with E-state index in [1.807, 2.05) is 18.2 Å². The van der Waals surface area contributed by atoms with Crippen LogP contribution in [0.2, 0.25) is 0 Å². The van der Waals surface area contributed by atoms with Crippen molar-refractivity contribution in [1.29, 1.82) is 0 Å². The third-order valence-corrected chi connectivity index (χ3v) is 10.1. The number of aromatic nitrogens is 2. The van der Waals surface area contributed by atoms with Crippen LogP contribution >= 0.6 is 34.4 Å². The van der Waals surface area contributed by atoms with Crippen LogP contribution in [-0.2, 0) is 20.6 Å². The quantitative estimate of drug-likeness (QED) is 0.407. The molecule has 0 bridgehead atoms. The Balaban J connectivity index is 1.28. The highest BCUT2D eigenvalue weighted by molar-refractivity contribution is 8.00. The molecule has 2 aromatic heterocycles. The number of nitrogens with zero attached hydrogens (tertiary/aromatic N) is 3. The van der Waals surface area contributed by atoms with Gasteiger partial charge in [0.15, 0.2) is 4.34 Å². The monoisotopic (exact) mass is 480 g/mol. The Morgan fingerprint density at radius 1 is 1.13 bits per heavy atom. The Bertz CT molecular complexity index is 1080. The van der Waals surface area contributed by atoms with E-state index in [-0.39, 0.29) is 11.8 Å². The van der Waals surface area contributed by atoms with E-state index >= 15 is 0 Å². The van der Waals surface area contributed by atoms with E-state index in [0.717, 1.165) is 10.1 Å². The summed E-state index contributed by atoms with van der Waals surface area (Å²) in [6.07, 6.45) is 0.982. The zero-order valence-electron chi connectivity index (χ0n) is 15.9. The minimum absolute atomic E-state index is 0.126. The molecule has 4 rings (SSSR count). The summed E-state index contributed by atoms with van der Waals surface area (Å²) in [4.78, 5) is 12.6. The fourth-order valence-electron chi connectivity index (χ4n) is 3.14. The maximum absolute atomic E-state index is 12.6. The van der Waals surface area contributed by atoms with Crippen molar-refractivity contribution < 1.29 is 13.2 Å². The highest BCUT2D eigenvalue weighted by Gasteiger charge is 2.32. The molecule has 3 heterocycles. The number of piperidine rings is 1. The summed E-state index contributed by atoms with van der Waals surface area (Å²) in [6.45, 7) is 0.680. The summed E-state index contributed by atoms with van der Waals surface area (Å²) in [5.74, 6) is 0.434. The van der Waals surface area contributed by atoms with Crippen molar-refractivity contribution in [1.82, 2.24) is 14.5 Å². The first kappa shape index (κ1) is 21.4. The lowest BCUT2D eigenvalue weighted by Gasteiger charge is -2.29. The number of nitrogens with one attached hydrogen (secondary N) is 1. The number of hydrogen-bond acceptors (Lipinski definition) is 8. The van der Waals surface area contributed by atoms with Crippen LogP contribution in [0.3, 0.4) is 0 Å². The molecule has 1 fully saturated rings. The zero-order chi connectivity index (χ0) is 21.0. The summed E-state index contributed by atoms with van der Waals surface area (Å²) in [5.41, 5.74) is 1.20. The van der Waals surface area contributed by atoms with Crippen molar-refractivity contribution >= 4 is 55.5 Å². The van der Waals surface area contributed by atoms with Crippen LogP contribution in [0, 0.1) is 5.92 Å². The van der Waals surface area contributed by atoms with Gasteiger partial charge in [0.05, 0.1) is 0 Å². The maximum Gasteiger partial charge on any atom is 0.252 e. The Morgan fingerprint density at radius 3 is 2.60 bits per heavy atom. The molecule has 158 valence electrons. The average molecular weight is 481 g/mol. The lowest BCUT2D eigenvalue weighted by atomic mass is 9.97. The number of thioether (sulfide) groups is 1. The van der Waals surface area contributed by atoms with E-state index in [0.29, 0.717) is 35.3 Å². The number of hydrogen-bond donors (Lipinski definition) is 1. The Labute approximate surface area is 187 Å². The van der Waals surface area contributed by atoms with Crippen molar-refractivity contribution in [3.8, 4) is 0 Å². The number of carbonyl (C=O) groups excluding carboxylic acids is 1. The van der Waals surface area contributed by atoms with E-state index in [1.165, 1.54) is 32.5 Å². The van der Waals surface area contributed by atoms with E-state index < -0.39 is 10.0 Å². The summed E-state index contributed by atoms with van der Waals surface area (Å²) in [6, 6.07) is 13.4. The van der Waals surface area contributed by atoms with Gasteiger partial charge in [-0.1, -0.05) is 59.5 Å². The molecule has 0 radical (unpaired) electrons. The third-order valence-electron chi connectivity index (χ3n) is 4.76. The van der Waals surface area contributed by atoms with Gasteiger partial charge in [-0.25, -0.2) is 8.42 Å². The van der Waals surface area contributed by atoms with E-state index in [4.69, 9.17) is 0 Å². The molecule has 0 unspecified atom stereocenters. The second kappa shape index (κ2) is 9.56. The maximum atomic E-state index is 12.6. The number of thiophene rings is 1. The van der Waals surface area contributed by atoms with Crippen LogP contribution in [0.15, 0.2) is 56.4 Å². The second-order valence-corrected chi connectivity index (χ2v) is 12.1. The lowest BCUT2D eigenvalue weighted by molar-refractivity contribution is -0.120. The van der Waals surface area contributed by atoms with Crippen molar-refractivity contribution in [3.05, 3.63) is 53.4 Å². The summed E-state index contributed by atoms with van der Waals surface area (Å²) in [7, 11) is -3.46. The Hall–Kier alpha value is -1.79. The first-order valence-electron chi connectivity index (χ1n) is 9.37. The molecule has 1 N–H and O–H groups in total.